The van der Waals surface area contributed by atoms with E-state index in [1.165, 1.54) is 18.3 Å². The Bertz CT molecular complexity index is 1120. The number of amides is 1. The van der Waals surface area contributed by atoms with E-state index in [2.05, 4.69) is 60.8 Å². The molecule has 0 spiro atoms. The fraction of sp³-hybridized carbons (Fsp3) is 0.200. The Labute approximate surface area is 180 Å². The van der Waals surface area contributed by atoms with Crippen molar-refractivity contribution in [2.24, 2.45) is 11.0 Å². The summed E-state index contributed by atoms with van der Waals surface area (Å²) in [5.41, 5.74) is 7.57. The molecule has 1 amide bonds. The summed E-state index contributed by atoms with van der Waals surface area (Å²) in [6, 6.07) is 22.6. The van der Waals surface area contributed by atoms with Crippen LogP contribution in [0.15, 0.2) is 77.9 Å². The zero-order valence-electron chi connectivity index (χ0n) is 17.4. The number of benzene rings is 3. The van der Waals surface area contributed by atoms with Crippen molar-refractivity contribution in [3.63, 3.8) is 0 Å². The molecule has 3 aromatic rings. The fourth-order valence-electron chi connectivity index (χ4n) is 4.16. The average Bonchev–Trinajstić information content (AvgIpc) is 3.51. The lowest BCUT2D eigenvalue weighted by Gasteiger charge is -2.19. The number of carbonyl (C=O) groups is 1. The van der Waals surface area contributed by atoms with Crippen molar-refractivity contribution in [2.45, 2.75) is 25.7 Å². The van der Waals surface area contributed by atoms with Crippen LogP contribution in [0.2, 0.25) is 0 Å². The first kappa shape index (κ1) is 20.5. The molecule has 1 saturated carbocycles. The molecular weight excluding hydrogens is 390 g/mol. The Kier molecular flexibility index (Phi) is 5.38. The molecule has 3 aromatic carbocycles. The lowest BCUT2D eigenvalue weighted by atomic mass is 9.84. The topological polar surface area (TPSA) is 84.6 Å². The summed E-state index contributed by atoms with van der Waals surface area (Å²) in [6.45, 7) is 4.11. The number of aryl methyl sites for hydroxylation is 2. The second kappa shape index (κ2) is 8.14. The highest BCUT2D eigenvalue weighted by molar-refractivity contribution is 5.87. The molecule has 1 fully saturated rings. The van der Waals surface area contributed by atoms with Gasteiger partial charge in [0.1, 0.15) is 0 Å². The first-order chi connectivity index (χ1) is 14.9. The molecular formula is C25H23N3O3. The zero-order valence-corrected chi connectivity index (χ0v) is 17.4. The number of nitrogens with zero attached hydrogens (tertiary/aromatic N) is 2. The Hall–Kier alpha value is -3.80. The number of hydrazone groups is 1. The van der Waals surface area contributed by atoms with Crippen LogP contribution in [0.5, 0.6) is 0 Å². The van der Waals surface area contributed by atoms with E-state index in [0.29, 0.717) is 5.56 Å². The van der Waals surface area contributed by atoms with Crippen LogP contribution in [0.25, 0.3) is 0 Å². The molecule has 156 valence electrons. The molecule has 0 radical (unpaired) electrons. The molecule has 0 unspecified atom stereocenters. The van der Waals surface area contributed by atoms with Gasteiger partial charge >= 0.3 is 0 Å². The van der Waals surface area contributed by atoms with Gasteiger partial charge in [-0.15, -0.1) is 0 Å². The smallest absolute Gasteiger partial charge is 0.269 e. The van der Waals surface area contributed by atoms with Crippen molar-refractivity contribution in [3.8, 4) is 0 Å². The molecule has 0 bridgehead atoms. The summed E-state index contributed by atoms with van der Waals surface area (Å²) in [5, 5.41) is 14.8. The van der Waals surface area contributed by atoms with Gasteiger partial charge in [0.05, 0.1) is 17.1 Å². The van der Waals surface area contributed by atoms with Gasteiger partial charge in [0.25, 0.3) is 5.69 Å². The first-order valence-corrected chi connectivity index (χ1v) is 10.1. The zero-order chi connectivity index (χ0) is 22.0. The number of nitro groups is 1. The molecule has 31 heavy (non-hydrogen) atoms. The van der Waals surface area contributed by atoms with E-state index in [4.69, 9.17) is 0 Å². The molecule has 0 aliphatic heterocycles. The van der Waals surface area contributed by atoms with Gasteiger partial charge in [0.15, 0.2) is 0 Å². The van der Waals surface area contributed by atoms with Crippen molar-refractivity contribution >= 4 is 17.8 Å². The van der Waals surface area contributed by atoms with E-state index in [-0.39, 0.29) is 22.9 Å². The van der Waals surface area contributed by atoms with Crippen molar-refractivity contribution in [1.29, 1.82) is 0 Å². The quantitative estimate of drug-likeness (QED) is 0.362. The molecule has 1 aliphatic carbocycles. The van der Waals surface area contributed by atoms with Gasteiger partial charge in [-0.3, -0.25) is 14.9 Å². The first-order valence-electron chi connectivity index (χ1n) is 10.1. The monoisotopic (exact) mass is 413 g/mol. The normalized spacial score (nSPS) is 16.8. The molecule has 6 heteroatoms. The Morgan fingerprint density at radius 3 is 2.13 bits per heavy atom. The maximum Gasteiger partial charge on any atom is 0.269 e. The molecule has 4 rings (SSSR count). The number of nitrogens with one attached hydrogen (secondary N) is 1. The van der Waals surface area contributed by atoms with Crippen LogP contribution in [-0.2, 0) is 10.2 Å². The summed E-state index contributed by atoms with van der Waals surface area (Å²) < 4.78 is 0. The standard InChI is InChI=1S/C25H23N3O3/c1-17-5-3-7-20(13-17)25(21-8-4-6-18(2)14-21)15-23(25)24(29)27-26-16-19-9-11-22(12-10-19)28(30)31/h3-14,16,23H,15H2,1-2H3,(H,27,29)/b26-16+/t23-/m0/s1. The maximum absolute atomic E-state index is 13.0. The summed E-state index contributed by atoms with van der Waals surface area (Å²) >= 11 is 0. The van der Waals surface area contributed by atoms with Crippen LogP contribution in [0.4, 0.5) is 5.69 Å². The van der Waals surface area contributed by atoms with Crippen LogP contribution in [0.1, 0.15) is 34.2 Å². The molecule has 0 heterocycles. The number of hydrogen-bond acceptors (Lipinski definition) is 4. The Morgan fingerprint density at radius 2 is 1.61 bits per heavy atom. The van der Waals surface area contributed by atoms with E-state index < -0.39 is 4.92 Å². The van der Waals surface area contributed by atoms with Gasteiger partial charge in [0, 0.05) is 17.5 Å². The van der Waals surface area contributed by atoms with Crippen molar-refractivity contribution < 1.29 is 9.72 Å². The third-order valence-corrected chi connectivity index (χ3v) is 5.84. The SMILES string of the molecule is Cc1cccc(C2(c3cccc(C)c3)C[C@H]2C(=O)N/N=C/c2ccc([N+](=O)[O-])cc2)c1. The Morgan fingerprint density at radius 1 is 1.03 bits per heavy atom. The lowest BCUT2D eigenvalue weighted by Crippen LogP contribution is -2.25. The van der Waals surface area contributed by atoms with Gasteiger partial charge < -0.3 is 0 Å². The van der Waals surface area contributed by atoms with Gasteiger partial charge in [-0.2, -0.15) is 5.10 Å². The van der Waals surface area contributed by atoms with Crippen LogP contribution in [0, 0.1) is 29.9 Å². The van der Waals surface area contributed by atoms with Crippen molar-refractivity contribution in [2.75, 3.05) is 0 Å². The minimum absolute atomic E-state index is 0.0141. The van der Waals surface area contributed by atoms with Crippen LogP contribution >= 0.6 is 0 Å². The second-order valence-corrected chi connectivity index (χ2v) is 8.05. The second-order valence-electron chi connectivity index (χ2n) is 8.05. The number of hydrogen-bond donors (Lipinski definition) is 1. The third-order valence-electron chi connectivity index (χ3n) is 5.84. The highest BCUT2D eigenvalue weighted by Gasteiger charge is 2.60. The fourth-order valence-corrected chi connectivity index (χ4v) is 4.16. The van der Waals surface area contributed by atoms with Crippen molar-refractivity contribution in [3.05, 3.63) is 111 Å². The largest absolute Gasteiger partial charge is 0.273 e. The van der Waals surface area contributed by atoms with E-state index in [1.807, 2.05) is 12.1 Å². The lowest BCUT2D eigenvalue weighted by molar-refractivity contribution is -0.384. The minimum atomic E-state index is -0.452. The summed E-state index contributed by atoms with van der Waals surface area (Å²) in [4.78, 5) is 23.3. The van der Waals surface area contributed by atoms with E-state index in [1.54, 1.807) is 12.1 Å². The van der Waals surface area contributed by atoms with Gasteiger partial charge in [0.2, 0.25) is 5.91 Å². The van der Waals surface area contributed by atoms with Gasteiger partial charge in [-0.1, -0.05) is 59.7 Å². The minimum Gasteiger partial charge on any atom is -0.273 e. The molecule has 0 saturated heterocycles. The predicted octanol–water partition coefficient (Wildman–Crippen LogP) is 4.67. The molecule has 0 aromatic heterocycles. The van der Waals surface area contributed by atoms with Crippen molar-refractivity contribution in [1.82, 2.24) is 5.43 Å². The van der Waals surface area contributed by atoms with Crippen LogP contribution < -0.4 is 5.43 Å². The molecule has 1 aliphatic rings. The highest BCUT2D eigenvalue weighted by Crippen LogP contribution is 2.59. The maximum atomic E-state index is 13.0. The molecule has 6 nitrogen and oxygen atoms in total. The summed E-state index contributed by atoms with van der Waals surface area (Å²) in [6.07, 6.45) is 2.21. The third kappa shape index (κ3) is 4.10. The molecule has 1 atom stereocenters. The average molecular weight is 413 g/mol. The predicted molar refractivity (Wildman–Crippen MR) is 120 cm³/mol. The summed E-state index contributed by atoms with van der Waals surface area (Å²) in [7, 11) is 0. The van der Waals surface area contributed by atoms with E-state index in [0.717, 1.165) is 28.7 Å². The number of non-ortho nitro benzene ring substituents is 1. The molecule has 1 N–H and O–H groups in total. The van der Waals surface area contributed by atoms with E-state index in [9.17, 15) is 14.9 Å². The summed E-state index contributed by atoms with van der Waals surface area (Å²) in [5.74, 6) is -0.355. The van der Waals surface area contributed by atoms with Gasteiger partial charge in [-0.25, -0.2) is 5.43 Å². The highest BCUT2D eigenvalue weighted by atomic mass is 16.6. The van der Waals surface area contributed by atoms with E-state index >= 15 is 0 Å². The van der Waals surface area contributed by atoms with Gasteiger partial charge in [-0.05, 0) is 49.1 Å². The number of carbonyl (C=O) groups excluding carboxylic acids is 1. The van der Waals surface area contributed by atoms with Crippen LogP contribution in [-0.4, -0.2) is 17.0 Å². The number of rotatable bonds is 6. The van der Waals surface area contributed by atoms with Crippen LogP contribution in [0.3, 0.4) is 0 Å². The Balaban J connectivity index is 1.54. The number of nitro benzene ring substituents is 1.